The van der Waals surface area contributed by atoms with Crippen LogP contribution in [0, 0.1) is 13.8 Å². The minimum atomic E-state index is -0.617. The molecule has 168 valence electrons. The van der Waals surface area contributed by atoms with Gasteiger partial charge < -0.3 is 19.7 Å². The Balaban J connectivity index is 2.14. The van der Waals surface area contributed by atoms with E-state index in [1.54, 1.807) is 18.9 Å². The molecule has 0 radical (unpaired) electrons. The summed E-state index contributed by atoms with van der Waals surface area (Å²) in [7, 11) is 1.61. The van der Waals surface area contributed by atoms with Crippen molar-refractivity contribution in [3.63, 3.8) is 0 Å². The number of rotatable bonds is 11. The van der Waals surface area contributed by atoms with Crippen LogP contribution in [0.15, 0.2) is 42.5 Å². The molecular weight excluding hydrogens is 392 g/mol. The monoisotopic (exact) mass is 426 g/mol. The lowest BCUT2D eigenvalue weighted by Crippen LogP contribution is -2.49. The van der Waals surface area contributed by atoms with Crippen molar-refractivity contribution in [2.45, 2.75) is 53.1 Å². The van der Waals surface area contributed by atoms with Gasteiger partial charge in [0.1, 0.15) is 17.5 Å². The van der Waals surface area contributed by atoms with Crippen molar-refractivity contribution in [3.8, 4) is 11.5 Å². The Morgan fingerprint density at radius 3 is 2.45 bits per heavy atom. The summed E-state index contributed by atoms with van der Waals surface area (Å²) in [6.07, 6.45) is 1.90. The first-order valence-electron chi connectivity index (χ1n) is 10.8. The second-order valence-electron chi connectivity index (χ2n) is 7.75. The zero-order chi connectivity index (χ0) is 22.8. The van der Waals surface area contributed by atoms with Gasteiger partial charge in [-0.1, -0.05) is 37.6 Å². The van der Waals surface area contributed by atoms with Gasteiger partial charge in [0.05, 0.1) is 7.11 Å². The zero-order valence-electron chi connectivity index (χ0n) is 19.2. The Bertz CT molecular complexity index is 864. The number of nitrogens with one attached hydrogen (secondary N) is 1. The zero-order valence-corrected chi connectivity index (χ0v) is 19.2. The van der Waals surface area contributed by atoms with E-state index in [1.807, 2.05) is 56.3 Å². The van der Waals surface area contributed by atoms with Crippen LogP contribution in [0.3, 0.4) is 0 Å². The SMILES string of the molecule is CCCCNC(=O)[C@H](C)N(Cc1ccc(OC)cc1)C(=O)COc1cc(C)ccc1C. The Morgan fingerprint density at radius 1 is 1.10 bits per heavy atom. The Kier molecular flexibility index (Phi) is 9.38. The Hall–Kier alpha value is -3.02. The maximum Gasteiger partial charge on any atom is 0.261 e. The number of hydrogen-bond acceptors (Lipinski definition) is 4. The van der Waals surface area contributed by atoms with E-state index in [1.165, 1.54) is 0 Å². The molecular formula is C25H34N2O4. The first-order chi connectivity index (χ1) is 14.8. The van der Waals surface area contributed by atoms with E-state index in [4.69, 9.17) is 9.47 Å². The smallest absolute Gasteiger partial charge is 0.261 e. The highest BCUT2D eigenvalue weighted by atomic mass is 16.5. The summed E-state index contributed by atoms with van der Waals surface area (Å²) in [5.74, 6) is 1.01. The molecule has 2 aromatic carbocycles. The van der Waals surface area contributed by atoms with Crippen molar-refractivity contribution in [2.75, 3.05) is 20.3 Å². The summed E-state index contributed by atoms with van der Waals surface area (Å²) in [5, 5.41) is 2.92. The van der Waals surface area contributed by atoms with Gasteiger partial charge in [-0.05, 0) is 62.1 Å². The quantitative estimate of drug-likeness (QED) is 0.551. The molecule has 1 atom stereocenters. The fourth-order valence-corrected chi connectivity index (χ4v) is 3.13. The van der Waals surface area contributed by atoms with Gasteiger partial charge in [0.25, 0.3) is 5.91 Å². The van der Waals surface area contributed by atoms with Gasteiger partial charge in [0.2, 0.25) is 5.91 Å². The molecule has 0 aliphatic heterocycles. The lowest BCUT2D eigenvalue weighted by atomic mass is 10.1. The molecule has 2 rings (SSSR count). The van der Waals surface area contributed by atoms with Crippen molar-refractivity contribution in [1.29, 1.82) is 0 Å². The summed E-state index contributed by atoms with van der Waals surface area (Å²) >= 11 is 0. The molecule has 0 unspecified atom stereocenters. The van der Waals surface area contributed by atoms with E-state index < -0.39 is 6.04 Å². The molecule has 31 heavy (non-hydrogen) atoms. The molecule has 6 heteroatoms. The van der Waals surface area contributed by atoms with Crippen LogP contribution >= 0.6 is 0 Å². The number of methoxy groups -OCH3 is 1. The standard InChI is InChI=1S/C25H34N2O4/c1-6-7-14-26-25(29)20(4)27(16-21-10-12-22(30-5)13-11-21)24(28)17-31-23-15-18(2)8-9-19(23)3/h8-13,15,20H,6-7,14,16-17H2,1-5H3,(H,26,29)/t20-/m0/s1. The average molecular weight is 427 g/mol. The summed E-state index contributed by atoms with van der Waals surface area (Å²) < 4.78 is 11.0. The van der Waals surface area contributed by atoms with Crippen LogP contribution in [-0.4, -0.2) is 43.0 Å². The third-order valence-electron chi connectivity index (χ3n) is 5.20. The summed E-state index contributed by atoms with van der Waals surface area (Å²) in [5.41, 5.74) is 2.94. The molecule has 0 spiro atoms. The van der Waals surface area contributed by atoms with Gasteiger partial charge in [0, 0.05) is 13.1 Å². The lowest BCUT2D eigenvalue weighted by molar-refractivity contribution is -0.142. The lowest BCUT2D eigenvalue weighted by Gasteiger charge is -2.29. The number of carbonyl (C=O) groups excluding carboxylic acids is 2. The number of benzene rings is 2. The van der Waals surface area contributed by atoms with Crippen molar-refractivity contribution in [1.82, 2.24) is 10.2 Å². The summed E-state index contributed by atoms with van der Waals surface area (Å²) in [6, 6.07) is 12.7. The minimum absolute atomic E-state index is 0.132. The molecule has 0 aliphatic carbocycles. The molecule has 0 bridgehead atoms. The molecule has 0 saturated heterocycles. The van der Waals surface area contributed by atoms with Gasteiger partial charge >= 0.3 is 0 Å². The summed E-state index contributed by atoms with van der Waals surface area (Å²) in [4.78, 5) is 27.3. The highest BCUT2D eigenvalue weighted by Crippen LogP contribution is 2.20. The van der Waals surface area contributed by atoms with E-state index >= 15 is 0 Å². The predicted molar refractivity (Wildman–Crippen MR) is 122 cm³/mol. The number of unbranched alkanes of at least 4 members (excludes halogenated alkanes) is 1. The molecule has 2 amide bonds. The Labute approximate surface area is 185 Å². The maximum absolute atomic E-state index is 13.1. The number of amides is 2. The van der Waals surface area contributed by atoms with Crippen molar-refractivity contribution in [2.24, 2.45) is 0 Å². The molecule has 0 aromatic heterocycles. The maximum atomic E-state index is 13.1. The highest BCUT2D eigenvalue weighted by Gasteiger charge is 2.26. The number of hydrogen-bond donors (Lipinski definition) is 1. The highest BCUT2D eigenvalue weighted by molar-refractivity contribution is 5.88. The average Bonchev–Trinajstić information content (AvgIpc) is 2.77. The number of aryl methyl sites for hydroxylation is 2. The van der Waals surface area contributed by atoms with Crippen LogP contribution in [-0.2, 0) is 16.1 Å². The predicted octanol–water partition coefficient (Wildman–Crippen LogP) is 4.02. The van der Waals surface area contributed by atoms with Gasteiger partial charge in [-0.25, -0.2) is 0 Å². The minimum Gasteiger partial charge on any atom is -0.497 e. The normalized spacial score (nSPS) is 11.5. The molecule has 6 nitrogen and oxygen atoms in total. The van der Waals surface area contributed by atoms with Crippen LogP contribution in [0.4, 0.5) is 0 Å². The summed E-state index contributed by atoms with van der Waals surface area (Å²) in [6.45, 7) is 8.52. The third-order valence-corrected chi connectivity index (χ3v) is 5.20. The Morgan fingerprint density at radius 2 is 1.81 bits per heavy atom. The molecule has 0 heterocycles. The fraction of sp³-hybridized carbons (Fsp3) is 0.440. The first kappa shape index (κ1) is 24.3. The van der Waals surface area contributed by atoms with E-state index in [2.05, 4.69) is 12.2 Å². The van der Waals surface area contributed by atoms with Gasteiger partial charge in [-0.3, -0.25) is 9.59 Å². The molecule has 2 aromatic rings. The molecule has 0 aliphatic rings. The number of nitrogens with zero attached hydrogens (tertiary/aromatic N) is 1. The number of ether oxygens (including phenoxy) is 2. The van der Waals surface area contributed by atoms with Crippen LogP contribution in [0.25, 0.3) is 0 Å². The van der Waals surface area contributed by atoms with Gasteiger partial charge in [-0.2, -0.15) is 0 Å². The van der Waals surface area contributed by atoms with Crippen LogP contribution < -0.4 is 14.8 Å². The third kappa shape index (κ3) is 7.31. The molecule has 0 saturated carbocycles. The van der Waals surface area contributed by atoms with Gasteiger partial charge in [-0.15, -0.1) is 0 Å². The second kappa shape index (κ2) is 12.0. The van der Waals surface area contributed by atoms with Crippen LogP contribution in [0.5, 0.6) is 11.5 Å². The van der Waals surface area contributed by atoms with Gasteiger partial charge in [0.15, 0.2) is 6.61 Å². The van der Waals surface area contributed by atoms with E-state index in [0.29, 0.717) is 18.8 Å². The molecule has 1 N–H and O–H groups in total. The van der Waals surface area contributed by atoms with Crippen LogP contribution in [0.2, 0.25) is 0 Å². The fourth-order valence-electron chi connectivity index (χ4n) is 3.13. The van der Waals surface area contributed by atoms with E-state index in [0.717, 1.165) is 35.3 Å². The van der Waals surface area contributed by atoms with E-state index in [9.17, 15) is 9.59 Å². The topological polar surface area (TPSA) is 67.9 Å². The second-order valence-corrected chi connectivity index (χ2v) is 7.75. The van der Waals surface area contributed by atoms with Crippen molar-refractivity contribution < 1.29 is 19.1 Å². The molecule has 0 fully saturated rings. The van der Waals surface area contributed by atoms with Crippen molar-refractivity contribution >= 4 is 11.8 Å². The van der Waals surface area contributed by atoms with Crippen LogP contribution in [0.1, 0.15) is 43.4 Å². The number of carbonyl (C=O) groups is 2. The van der Waals surface area contributed by atoms with E-state index in [-0.39, 0.29) is 18.4 Å². The largest absolute Gasteiger partial charge is 0.497 e. The van der Waals surface area contributed by atoms with Crippen molar-refractivity contribution in [3.05, 3.63) is 59.2 Å². The first-order valence-corrected chi connectivity index (χ1v) is 10.8.